The SMILES string of the molecule is Cc1noc(C)c1CN(C)C(=O)C[C@@H](CN)CC(C)C. The number of hydrogen-bond donors (Lipinski definition) is 1. The number of nitrogens with zero attached hydrogens (tertiary/aromatic N) is 2. The maximum atomic E-state index is 12.3. The van der Waals surface area contributed by atoms with Crippen molar-refractivity contribution in [2.75, 3.05) is 13.6 Å². The Bertz CT molecular complexity index is 421. The van der Waals surface area contributed by atoms with Crippen LogP contribution in [0.25, 0.3) is 0 Å². The molecule has 114 valence electrons. The third-order valence-electron chi connectivity index (χ3n) is 3.60. The van der Waals surface area contributed by atoms with E-state index >= 15 is 0 Å². The minimum atomic E-state index is 0.126. The van der Waals surface area contributed by atoms with Crippen molar-refractivity contribution in [3.8, 4) is 0 Å². The lowest BCUT2D eigenvalue weighted by Gasteiger charge is -2.21. The molecule has 1 atom stereocenters. The van der Waals surface area contributed by atoms with Crippen molar-refractivity contribution in [3.63, 3.8) is 0 Å². The molecule has 0 radical (unpaired) electrons. The van der Waals surface area contributed by atoms with Gasteiger partial charge in [-0.1, -0.05) is 19.0 Å². The molecule has 0 unspecified atom stereocenters. The minimum absolute atomic E-state index is 0.126. The van der Waals surface area contributed by atoms with Gasteiger partial charge in [0.1, 0.15) is 5.76 Å². The molecule has 1 aromatic heterocycles. The van der Waals surface area contributed by atoms with Crippen molar-refractivity contribution in [1.82, 2.24) is 10.1 Å². The van der Waals surface area contributed by atoms with Crippen LogP contribution < -0.4 is 5.73 Å². The van der Waals surface area contributed by atoms with Crippen LogP contribution >= 0.6 is 0 Å². The number of rotatable bonds is 7. The van der Waals surface area contributed by atoms with Gasteiger partial charge >= 0.3 is 0 Å². The third kappa shape index (κ3) is 4.63. The summed E-state index contributed by atoms with van der Waals surface area (Å²) in [6.07, 6.45) is 1.50. The van der Waals surface area contributed by atoms with E-state index in [0.717, 1.165) is 23.4 Å². The molecule has 1 aromatic rings. The van der Waals surface area contributed by atoms with E-state index in [2.05, 4.69) is 19.0 Å². The molecule has 1 amide bonds. The van der Waals surface area contributed by atoms with Crippen molar-refractivity contribution in [3.05, 3.63) is 17.0 Å². The summed E-state index contributed by atoms with van der Waals surface area (Å²) in [5.41, 5.74) is 7.60. The van der Waals surface area contributed by atoms with E-state index in [-0.39, 0.29) is 11.8 Å². The lowest BCUT2D eigenvalue weighted by molar-refractivity contribution is -0.131. The molecule has 0 aromatic carbocycles. The molecule has 0 aliphatic rings. The Morgan fingerprint density at radius 3 is 2.50 bits per heavy atom. The predicted octanol–water partition coefficient (Wildman–Crippen LogP) is 2.26. The van der Waals surface area contributed by atoms with E-state index < -0.39 is 0 Å². The van der Waals surface area contributed by atoms with Gasteiger partial charge in [-0.3, -0.25) is 4.79 Å². The first-order valence-electron chi connectivity index (χ1n) is 7.20. The average Bonchev–Trinajstić information content (AvgIpc) is 2.68. The van der Waals surface area contributed by atoms with Crippen LogP contribution in [0.5, 0.6) is 0 Å². The van der Waals surface area contributed by atoms with Gasteiger partial charge in [0.05, 0.1) is 12.2 Å². The molecule has 0 fully saturated rings. The summed E-state index contributed by atoms with van der Waals surface area (Å²) in [6, 6.07) is 0. The highest BCUT2D eigenvalue weighted by atomic mass is 16.5. The van der Waals surface area contributed by atoms with Gasteiger partial charge < -0.3 is 15.2 Å². The molecule has 0 saturated heterocycles. The second kappa shape index (κ2) is 7.43. The van der Waals surface area contributed by atoms with Crippen LogP contribution in [0.1, 0.15) is 43.7 Å². The molecule has 5 nitrogen and oxygen atoms in total. The third-order valence-corrected chi connectivity index (χ3v) is 3.60. The Morgan fingerprint density at radius 2 is 2.05 bits per heavy atom. The van der Waals surface area contributed by atoms with Crippen LogP contribution in [-0.4, -0.2) is 29.6 Å². The number of aryl methyl sites for hydroxylation is 2. The van der Waals surface area contributed by atoms with Gasteiger partial charge in [0.25, 0.3) is 0 Å². The van der Waals surface area contributed by atoms with Crippen molar-refractivity contribution in [2.45, 2.75) is 47.1 Å². The molecule has 0 bridgehead atoms. The number of amides is 1. The van der Waals surface area contributed by atoms with Crippen molar-refractivity contribution in [1.29, 1.82) is 0 Å². The Hall–Kier alpha value is -1.36. The summed E-state index contributed by atoms with van der Waals surface area (Å²) in [5.74, 6) is 1.72. The number of nitrogens with two attached hydrogens (primary N) is 1. The number of carbonyl (C=O) groups is 1. The van der Waals surface area contributed by atoms with Crippen molar-refractivity contribution in [2.24, 2.45) is 17.6 Å². The van der Waals surface area contributed by atoms with Crippen LogP contribution in [0.4, 0.5) is 0 Å². The smallest absolute Gasteiger partial charge is 0.222 e. The average molecular weight is 281 g/mol. The summed E-state index contributed by atoms with van der Waals surface area (Å²) in [4.78, 5) is 14.0. The zero-order valence-electron chi connectivity index (χ0n) is 13.3. The molecular formula is C15H27N3O2. The lowest BCUT2D eigenvalue weighted by Crippen LogP contribution is -2.30. The zero-order chi connectivity index (χ0) is 15.3. The van der Waals surface area contributed by atoms with E-state index in [0.29, 0.717) is 25.4 Å². The summed E-state index contributed by atoms with van der Waals surface area (Å²) < 4.78 is 5.12. The minimum Gasteiger partial charge on any atom is -0.361 e. The highest BCUT2D eigenvalue weighted by Crippen LogP contribution is 2.18. The topological polar surface area (TPSA) is 72.4 Å². The van der Waals surface area contributed by atoms with Gasteiger partial charge in [0.15, 0.2) is 0 Å². The van der Waals surface area contributed by atoms with Gasteiger partial charge in [-0.05, 0) is 38.6 Å². The first-order valence-corrected chi connectivity index (χ1v) is 7.20. The van der Waals surface area contributed by atoms with Crippen molar-refractivity contribution < 1.29 is 9.32 Å². The number of aromatic nitrogens is 1. The summed E-state index contributed by atoms with van der Waals surface area (Å²) in [7, 11) is 1.82. The maximum absolute atomic E-state index is 12.3. The molecule has 2 N–H and O–H groups in total. The van der Waals surface area contributed by atoms with E-state index in [1.54, 1.807) is 4.90 Å². The fourth-order valence-electron chi connectivity index (χ4n) is 2.39. The summed E-state index contributed by atoms with van der Waals surface area (Å²) >= 11 is 0. The number of carbonyl (C=O) groups excluding carboxylic acids is 1. The quantitative estimate of drug-likeness (QED) is 0.832. The van der Waals surface area contributed by atoms with E-state index in [1.165, 1.54) is 0 Å². The summed E-state index contributed by atoms with van der Waals surface area (Å²) in [5, 5.41) is 3.91. The van der Waals surface area contributed by atoms with Gasteiger partial charge in [0.2, 0.25) is 5.91 Å². The first kappa shape index (κ1) is 16.7. The van der Waals surface area contributed by atoms with Crippen LogP contribution in [0.15, 0.2) is 4.52 Å². The zero-order valence-corrected chi connectivity index (χ0v) is 13.3. The highest BCUT2D eigenvalue weighted by molar-refractivity contribution is 5.76. The lowest BCUT2D eigenvalue weighted by atomic mass is 9.94. The first-order chi connectivity index (χ1) is 9.35. The van der Waals surface area contributed by atoms with Gasteiger partial charge in [-0.25, -0.2) is 0 Å². The fraction of sp³-hybridized carbons (Fsp3) is 0.733. The molecule has 5 heteroatoms. The van der Waals surface area contributed by atoms with Crippen molar-refractivity contribution >= 4 is 5.91 Å². The van der Waals surface area contributed by atoms with E-state index in [4.69, 9.17) is 10.3 Å². The standard InChI is InChI=1S/C15H27N3O2/c1-10(2)6-13(8-16)7-15(19)18(5)9-14-11(3)17-20-12(14)4/h10,13H,6-9,16H2,1-5H3/t13-/m0/s1. The largest absolute Gasteiger partial charge is 0.361 e. The monoisotopic (exact) mass is 281 g/mol. The van der Waals surface area contributed by atoms with Gasteiger partial charge in [0, 0.05) is 19.0 Å². The van der Waals surface area contributed by atoms with Crippen LogP contribution in [0, 0.1) is 25.7 Å². The Kier molecular flexibility index (Phi) is 6.20. The second-order valence-corrected chi connectivity index (χ2v) is 5.99. The predicted molar refractivity (Wildman–Crippen MR) is 79.1 cm³/mol. The van der Waals surface area contributed by atoms with Crippen LogP contribution in [0.3, 0.4) is 0 Å². The van der Waals surface area contributed by atoms with Gasteiger partial charge in [-0.15, -0.1) is 0 Å². The molecule has 0 spiro atoms. The van der Waals surface area contributed by atoms with Crippen LogP contribution in [0.2, 0.25) is 0 Å². The molecule has 1 rings (SSSR count). The Morgan fingerprint density at radius 1 is 1.40 bits per heavy atom. The molecule has 0 aliphatic heterocycles. The highest BCUT2D eigenvalue weighted by Gasteiger charge is 2.19. The maximum Gasteiger partial charge on any atom is 0.222 e. The number of hydrogen-bond acceptors (Lipinski definition) is 4. The molecular weight excluding hydrogens is 254 g/mol. The van der Waals surface area contributed by atoms with E-state index in [1.807, 2.05) is 20.9 Å². The Balaban J connectivity index is 2.58. The fourth-order valence-corrected chi connectivity index (χ4v) is 2.39. The molecule has 1 heterocycles. The van der Waals surface area contributed by atoms with Crippen LogP contribution in [-0.2, 0) is 11.3 Å². The molecule has 0 saturated carbocycles. The van der Waals surface area contributed by atoms with Gasteiger partial charge in [-0.2, -0.15) is 0 Å². The summed E-state index contributed by atoms with van der Waals surface area (Å²) in [6.45, 7) is 9.17. The second-order valence-electron chi connectivity index (χ2n) is 5.99. The normalized spacial score (nSPS) is 12.8. The molecule has 20 heavy (non-hydrogen) atoms. The molecule has 0 aliphatic carbocycles. The Labute approximate surface area is 121 Å². The van der Waals surface area contributed by atoms with E-state index in [9.17, 15) is 4.79 Å².